The van der Waals surface area contributed by atoms with Crippen LogP contribution >= 0.6 is 11.6 Å². The van der Waals surface area contributed by atoms with Crippen molar-refractivity contribution in [3.05, 3.63) is 28.9 Å². The second kappa shape index (κ2) is 3.24. The molecular formula is C12H13ClN2. The van der Waals surface area contributed by atoms with Gasteiger partial charge in [-0.15, -0.1) is 0 Å². The third kappa shape index (κ3) is 1.63. The quantitative estimate of drug-likeness (QED) is 0.759. The number of hydrogen-bond acceptors (Lipinski definition) is 1. The maximum Gasteiger partial charge on any atom is 0.0686 e. The Morgan fingerprint density at radius 1 is 1.47 bits per heavy atom. The number of rotatable bonds is 2. The summed E-state index contributed by atoms with van der Waals surface area (Å²) in [5, 5.41) is 6.54. The number of aryl methyl sites for hydroxylation is 1. The molecule has 0 atom stereocenters. The van der Waals surface area contributed by atoms with Crippen molar-refractivity contribution in [2.75, 3.05) is 0 Å². The molecule has 3 rings (SSSR count). The van der Waals surface area contributed by atoms with Gasteiger partial charge in [0.15, 0.2) is 0 Å². The normalized spacial score (nSPS) is 16.1. The lowest BCUT2D eigenvalue weighted by atomic mass is 10.2. The van der Waals surface area contributed by atoms with Crippen LogP contribution < -0.4 is 0 Å². The van der Waals surface area contributed by atoms with Crippen molar-refractivity contribution in [1.82, 2.24) is 9.78 Å². The summed E-state index contributed by atoms with van der Waals surface area (Å²) in [7, 11) is 0. The summed E-state index contributed by atoms with van der Waals surface area (Å²) in [6.07, 6.45) is 2.71. The number of nitrogens with zero attached hydrogens (tertiary/aromatic N) is 2. The fourth-order valence-electron chi connectivity index (χ4n) is 2.00. The van der Waals surface area contributed by atoms with Gasteiger partial charge in [-0.05, 0) is 43.9 Å². The van der Waals surface area contributed by atoms with Crippen molar-refractivity contribution < 1.29 is 0 Å². The number of halogens is 1. The first-order valence-corrected chi connectivity index (χ1v) is 5.74. The fourth-order valence-corrected chi connectivity index (χ4v) is 2.17. The van der Waals surface area contributed by atoms with Crippen LogP contribution in [0.2, 0.25) is 5.02 Å². The van der Waals surface area contributed by atoms with Crippen molar-refractivity contribution in [2.45, 2.75) is 26.3 Å². The second-order valence-corrected chi connectivity index (χ2v) is 4.81. The molecule has 1 aliphatic rings. The minimum absolute atomic E-state index is 0.788. The molecule has 1 saturated carbocycles. The van der Waals surface area contributed by atoms with Gasteiger partial charge in [-0.3, -0.25) is 4.68 Å². The summed E-state index contributed by atoms with van der Waals surface area (Å²) >= 11 is 5.98. The Morgan fingerprint density at radius 2 is 2.27 bits per heavy atom. The lowest BCUT2D eigenvalue weighted by Crippen LogP contribution is -2.01. The molecule has 0 amide bonds. The minimum atomic E-state index is 0.788. The zero-order valence-electron chi connectivity index (χ0n) is 8.70. The van der Waals surface area contributed by atoms with Crippen molar-refractivity contribution in [2.24, 2.45) is 5.92 Å². The number of benzene rings is 1. The lowest BCUT2D eigenvalue weighted by Gasteiger charge is -2.00. The van der Waals surface area contributed by atoms with E-state index in [0.29, 0.717) is 0 Å². The van der Waals surface area contributed by atoms with Gasteiger partial charge >= 0.3 is 0 Å². The van der Waals surface area contributed by atoms with E-state index in [2.05, 4.69) is 15.8 Å². The Balaban J connectivity index is 2.13. The van der Waals surface area contributed by atoms with Crippen molar-refractivity contribution in [3.8, 4) is 0 Å². The molecule has 78 valence electrons. The van der Waals surface area contributed by atoms with E-state index in [0.717, 1.165) is 23.2 Å². The van der Waals surface area contributed by atoms with Gasteiger partial charge < -0.3 is 0 Å². The summed E-state index contributed by atoms with van der Waals surface area (Å²) in [4.78, 5) is 0. The first-order valence-electron chi connectivity index (χ1n) is 5.37. The van der Waals surface area contributed by atoms with E-state index in [4.69, 9.17) is 11.6 Å². The third-order valence-electron chi connectivity index (χ3n) is 3.03. The Hall–Kier alpha value is -1.02. The van der Waals surface area contributed by atoms with Crippen molar-refractivity contribution >= 4 is 22.5 Å². The van der Waals surface area contributed by atoms with E-state index in [1.165, 1.54) is 23.7 Å². The maximum atomic E-state index is 5.98. The molecule has 1 aromatic carbocycles. The summed E-state index contributed by atoms with van der Waals surface area (Å²) in [5.74, 6) is 0.850. The molecule has 1 heterocycles. The molecule has 0 spiro atoms. The summed E-state index contributed by atoms with van der Waals surface area (Å²) in [6, 6.07) is 6.01. The molecule has 1 aromatic heterocycles. The van der Waals surface area contributed by atoms with Gasteiger partial charge in [0.05, 0.1) is 11.2 Å². The fraction of sp³-hybridized carbons (Fsp3) is 0.417. The molecule has 0 saturated heterocycles. The minimum Gasteiger partial charge on any atom is -0.264 e. The van der Waals surface area contributed by atoms with E-state index in [-0.39, 0.29) is 0 Å². The highest BCUT2D eigenvalue weighted by Gasteiger charge is 2.23. The van der Waals surface area contributed by atoms with Crippen LogP contribution in [0, 0.1) is 12.8 Å². The van der Waals surface area contributed by atoms with Crippen LogP contribution in [0.5, 0.6) is 0 Å². The molecule has 3 heteroatoms. The van der Waals surface area contributed by atoms with Gasteiger partial charge in [0.25, 0.3) is 0 Å². The van der Waals surface area contributed by atoms with Crippen LogP contribution in [0.25, 0.3) is 10.9 Å². The predicted octanol–water partition coefficient (Wildman–Crippen LogP) is 3.41. The number of fused-ring (bicyclic) bond motifs is 1. The molecular weight excluding hydrogens is 208 g/mol. The van der Waals surface area contributed by atoms with Crippen LogP contribution in [-0.2, 0) is 6.54 Å². The van der Waals surface area contributed by atoms with E-state index in [1.54, 1.807) is 0 Å². The zero-order valence-corrected chi connectivity index (χ0v) is 9.46. The van der Waals surface area contributed by atoms with Gasteiger partial charge in [-0.2, -0.15) is 5.10 Å². The van der Waals surface area contributed by atoms with Crippen LogP contribution in [0.1, 0.15) is 18.5 Å². The molecule has 0 radical (unpaired) electrons. The third-order valence-corrected chi connectivity index (χ3v) is 3.26. The van der Waals surface area contributed by atoms with Crippen LogP contribution in [0.3, 0.4) is 0 Å². The van der Waals surface area contributed by atoms with Crippen molar-refractivity contribution in [3.63, 3.8) is 0 Å². The van der Waals surface area contributed by atoms with Crippen LogP contribution in [0.15, 0.2) is 18.2 Å². The molecule has 1 aliphatic carbocycles. The Kier molecular flexibility index (Phi) is 1.99. The average Bonchev–Trinajstić information content (AvgIpc) is 2.95. The highest BCUT2D eigenvalue weighted by Crippen LogP contribution is 2.32. The standard InChI is InChI=1S/C12H13ClN2/c1-8-11-6-10(13)4-5-12(11)15(14-8)7-9-2-3-9/h4-6,9H,2-3,7H2,1H3. The molecule has 0 aliphatic heterocycles. The molecule has 2 nitrogen and oxygen atoms in total. The largest absolute Gasteiger partial charge is 0.264 e. The number of aromatic nitrogens is 2. The second-order valence-electron chi connectivity index (χ2n) is 4.37. The van der Waals surface area contributed by atoms with Gasteiger partial charge in [-0.25, -0.2) is 0 Å². The molecule has 0 N–H and O–H groups in total. The average molecular weight is 221 g/mol. The summed E-state index contributed by atoms with van der Waals surface area (Å²) in [5.41, 5.74) is 2.29. The first-order chi connectivity index (χ1) is 7.24. The first kappa shape index (κ1) is 9.22. The Labute approximate surface area is 93.8 Å². The molecule has 0 bridgehead atoms. The topological polar surface area (TPSA) is 17.8 Å². The van der Waals surface area contributed by atoms with E-state index in [9.17, 15) is 0 Å². The van der Waals surface area contributed by atoms with Crippen LogP contribution in [-0.4, -0.2) is 9.78 Å². The molecule has 15 heavy (non-hydrogen) atoms. The highest BCUT2D eigenvalue weighted by molar-refractivity contribution is 6.31. The van der Waals surface area contributed by atoms with Gasteiger partial charge in [0.2, 0.25) is 0 Å². The van der Waals surface area contributed by atoms with Gasteiger partial charge in [0, 0.05) is 17.0 Å². The molecule has 1 fully saturated rings. The van der Waals surface area contributed by atoms with Gasteiger partial charge in [0.1, 0.15) is 0 Å². The van der Waals surface area contributed by atoms with E-state index < -0.39 is 0 Å². The van der Waals surface area contributed by atoms with Crippen LogP contribution in [0.4, 0.5) is 0 Å². The Morgan fingerprint density at radius 3 is 3.00 bits per heavy atom. The SMILES string of the molecule is Cc1nn(CC2CC2)c2ccc(Cl)cc12. The van der Waals surface area contributed by atoms with Crippen molar-refractivity contribution in [1.29, 1.82) is 0 Å². The van der Waals surface area contributed by atoms with Gasteiger partial charge in [-0.1, -0.05) is 11.6 Å². The summed E-state index contributed by atoms with van der Waals surface area (Å²) in [6.45, 7) is 3.11. The highest BCUT2D eigenvalue weighted by atomic mass is 35.5. The molecule has 2 aromatic rings. The lowest BCUT2D eigenvalue weighted by molar-refractivity contribution is 0.576. The predicted molar refractivity (Wildman–Crippen MR) is 62.2 cm³/mol. The van der Waals surface area contributed by atoms with E-state index in [1.807, 2.05) is 19.1 Å². The molecule has 0 unspecified atom stereocenters. The monoisotopic (exact) mass is 220 g/mol. The Bertz CT molecular complexity index is 512. The smallest absolute Gasteiger partial charge is 0.0686 e. The van der Waals surface area contributed by atoms with E-state index >= 15 is 0 Å². The summed E-state index contributed by atoms with van der Waals surface area (Å²) < 4.78 is 2.12. The zero-order chi connectivity index (χ0) is 10.4. The number of hydrogen-bond donors (Lipinski definition) is 0. The maximum absolute atomic E-state index is 5.98.